The fourth-order valence-electron chi connectivity index (χ4n) is 3.71. The van der Waals surface area contributed by atoms with Gasteiger partial charge >= 0.3 is 0 Å². The third kappa shape index (κ3) is 4.07. The Kier molecular flexibility index (Phi) is 5.94. The molecule has 6 nitrogen and oxygen atoms in total. The van der Waals surface area contributed by atoms with Gasteiger partial charge in [-0.2, -0.15) is 17.0 Å². The van der Waals surface area contributed by atoms with E-state index in [4.69, 9.17) is 0 Å². The normalized spacial score (nSPS) is 20.5. The largest absolute Gasteiger partial charge is 0.336 e. The molecule has 3 rings (SSSR count). The molecule has 1 heterocycles. The summed E-state index contributed by atoms with van der Waals surface area (Å²) in [5.74, 6) is -0.578. The van der Waals surface area contributed by atoms with E-state index in [-0.39, 0.29) is 30.9 Å². The van der Waals surface area contributed by atoms with Crippen LogP contribution in [0.4, 0.5) is 4.39 Å². The van der Waals surface area contributed by atoms with Gasteiger partial charge in [0.2, 0.25) is 0 Å². The maximum atomic E-state index is 13.0. The number of carbonyl (C=O) groups excluding carboxylic acids is 1. The molecule has 1 aromatic rings. The molecule has 2 fully saturated rings. The zero-order valence-corrected chi connectivity index (χ0v) is 15.9. The van der Waals surface area contributed by atoms with E-state index in [1.807, 2.05) is 0 Å². The van der Waals surface area contributed by atoms with Crippen LogP contribution in [0.5, 0.6) is 0 Å². The Morgan fingerprint density at radius 1 is 1.04 bits per heavy atom. The van der Waals surface area contributed by atoms with Crippen LogP contribution in [-0.2, 0) is 10.2 Å². The molecule has 0 bridgehead atoms. The Labute approximate surface area is 154 Å². The summed E-state index contributed by atoms with van der Waals surface area (Å²) in [6.07, 6.45) is 5.15. The van der Waals surface area contributed by atoms with Crippen LogP contribution in [-0.4, -0.2) is 67.1 Å². The van der Waals surface area contributed by atoms with Gasteiger partial charge < -0.3 is 4.90 Å². The lowest BCUT2D eigenvalue weighted by Crippen LogP contribution is -2.55. The van der Waals surface area contributed by atoms with E-state index in [0.717, 1.165) is 25.7 Å². The van der Waals surface area contributed by atoms with Crippen LogP contribution in [0.3, 0.4) is 0 Å². The lowest BCUT2D eigenvalue weighted by Gasteiger charge is -2.38. The summed E-state index contributed by atoms with van der Waals surface area (Å²) in [5, 5.41) is 0. The number of carbonyl (C=O) groups is 1. The van der Waals surface area contributed by atoms with E-state index in [1.54, 1.807) is 11.9 Å². The highest BCUT2D eigenvalue weighted by Gasteiger charge is 2.35. The fraction of sp³-hybridized carbons (Fsp3) is 0.611. The quantitative estimate of drug-likeness (QED) is 0.800. The lowest BCUT2D eigenvalue weighted by molar-refractivity contribution is 0.0693. The molecule has 2 aliphatic rings. The summed E-state index contributed by atoms with van der Waals surface area (Å²) >= 11 is 0. The minimum atomic E-state index is -3.50. The topological polar surface area (TPSA) is 60.9 Å². The second-order valence-corrected chi connectivity index (χ2v) is 9.00. The minimum absolute atomic E-state index is 0.0765. The standard InChI is InChI=1S/C18H26FN3O3S/c1-20(17-5-3-2-4-6-17)26(24,25)22-13-11-21(12-14-22)18(23)15-7-9-16(19)10-8-15/h7-10,17H,2-6,11-14H2,1H3. The van der Waals surface area contributed by atoms with Crippen molar-refractivity contribution in [2.45, 2.75) is 38.1 Å². The Bertz CT molecular complexity index is 725. The number of piperazine rings is 1. The van der Waals surface area contributed by atoms with Gasteiger partial charge in [0.1, 0.15) is 5.82 Å². The molecule has 0 aromatic heterocycles. The van der Waals surface area contributed by atoms with Crippen molar-refractivity contribution in [1.29, 1.82) is 0 Å². The minimum Gasteiger partial charge on any atom is -0.336 e. The van der Waals surface area contributed by atoms with Crippen molar-refractivity contribution in [1.82, 2.24) is 13.5 Å². The monoisotopic (exact) mass is 383 g/mol. The Balaban J connectivity index is 1.60. The molecule has 0 spiro atoms. The highest BCUT2D eigenvalue weighted by molar-refractivity contribution is 7.86. The van der Waals surface area contributed by atoms with Crippen molar-refractivity contribution in [3.8, 4) is 0 Å². The first kappa shape index (κ1) is 19.3. The molecular formula is C18H26FN3O3S. The molecule has 1 aliphatic carbocycles. The first-order chi connectivity index (χ1) is 12.4. The predicted molar refractivity (Wildman–Crippen MR) is 97.4 cm³/mol. The van der Waals surface area contributed by atoms with Crippen molar-refractivity contribution >= 4 is 16.1 Å². The molecule has 8 heteroatoms. The third-order valence-corrected chi connectivity index (χ3v) is 7.44. The Morgan fingerprint density at radius 2 is 1.62 bits per heavy atom. The van der Waals surface area contributed by atoms with E-state index in [2.05, 4.69) is 0 Å². The fourth-order valence-corrected chi connectivity index (χ4v) is 5.29. The lowest BCUT2D eigenvalue weighted by atomic mass is 9.96. The first-order valence-electron chi connectivity index (χ1n) is 9.17. The number of rotatable bonds is 4. The zero-order chi connectivity index (χ0) is 18.7. The molecular weight excluding hydrogens is 357 g/mol. The van der Waals surface area contributed by atoms with Gasteiger partial charge in [0.05, 0.1) is 0 Å². The number of nitrogens with zero attached hydrogens (tertiary/aromatic N) is 3. The van der Waals surface area contributed by atoms with Gasteiger partial charge in [-0.25, -0.2) is 4.39 Å². The molecule has 0 atom stereocenters. The summed E-state index contributed by atoms with van der Waals surface area (Å²) in [4.78, 5) is 14.1. The molecule has 1 aromatic carbocycles. The molecule has 144 valence electrons. The van der Waals surface area contributed by atoms with E-state index in [0.29, 0.717) is 18.7 Å². The summed E-state index contributed by atoms with van der Waals surface area (Å²) < 4.78 is 41.7. The summed E-state index contributed by atoms with van der Waals surface area (Å²) in [5.41, 5.74) is 0.419. The van der Waals surface area contributed by atoms with Crippen LogP contribution >= 0.6 is 0 Å². The molecule has 0 N–H and O–H groups in total. The van der Waals surface area contributed by atoms with E-state index >= 15 is 0 Å². The van der Waals surface area contributed by atoms with Crippen LogP contribution < -0.4 is 0 Å². The predicted octanol–water partition coefficient (Wildman–Crippen LogP) is 2.09. The van der Waals surface area contributed by atoms with Crippen molar-refractivity contribution in [2.75, 3.05) is 33.2 Å². The van der Waals surface area contributed by atoms with E-state index in [9.17, 15) is 17.6 Å². The van der Waals surface area contributed by atoms with Gasteiger partial charge in [0.25, 0.3) is 16.1 Å². The highest BCUT2D eigenvalue weighted by Crippen LogP contribution is 2.25. The second-order valence-electron chi connectivity index (χ2n) is 7.01. The SMILES string of the molecule is CN(C1CCCCC1)S(=O)(=O)N1CCN(C(=O)c2ccc(F)cc2)CC1. The number of halogens is 1. The Morgan fingerprint density at radius 3 is 2.19 bits per heavy atom. The molecule has 1 amide bonds. The van der Waals surface area contributed by atoms with Gasteiger partial charge in [-0.1, -0.05) is 19.3 Å². The Hall–Kier alpha value is -1.51. The maximum absolute atomic E-state index is 13.0. The summed E-state index contributed by atoms with van der Waals surface area (Å²) in [7, 11) is -1.83. The number of hydrogen-bond acceptors (Lipinski definition) is 3. The van der Waals surface area contributed by atoms with Gasteiger partial charge in [-0.05, 0) is 37.1 Å². The smallest absolute Gasteiger partial charge is 0.282 e. The summed E-state index contributed by atoms with van der Waals surface area (Å²) in [6.45, 7) is 1.25. The summed E-state index contributed by atoms with van der Waals surface area (Å²) in [6, 6.07) is 5.50. The van der Waals surface area contributed by atoms with Gasteiger partial charge in [-0.3, -0.25) is 4.79 Å². The molecule has 0 radical (unpaired) electrons. The van der Waals surface area contributed by atoms with Crippen molar-refractivity contribution in [2.24, 2.45) is 0 Å². The number of amides is 1. The molecule has 1 saturated heterocycles. The van der Waals surface area contributed by atoms with Gasteiger partial charge in [0.15, 0.2) is 0 Å². The average Bonchev–Trinajstić information content (AvgIpc) is 2.68. The van der Waals surface area contributed by atoms with Gasteiger partial charge in [-0.15, -0.1) is 0 Å². The molecule has 1 saturated carbocycles. The van der Waals surface area contributed by atoms with Crippen LogP contribution in [0, 0.1) is 5.82 Å². The number of hydrogen-bond donors (Lipinski definition) is 0. The third-order valence-electron chi connectivity index (χ3n) is 5.40. The van der Waals surface area contributed by atoms with Crippen LogP contribution in [0.2, 0.25) is 0 Å². The van der Waals surface area contributed by atoms with E-state index < -0.39 is 10.2 Å². The van der Waals surface area contributed by atoms with Crippen molar-refractivity contribution < 1.29 is 17.6 Å². The second kappa shape index (κ2) is 8.02. The highest BCUT2D eigenvalue weighted by atomic mass is 32.2. The van der Waals surface area contributed by atoms with Crippen LogP contribution in [0.15, 0.2) is 24.3 Å². The van der Waals surface area contributed by atoms with Crippen molar-refractivity contribution in [3.05, 3.63) is 35.6 Å². The van der Waals surface area contributed by atoms with Crippen LogP contribution in [0.1, 0.15) is 42.5 Å². The zero-order valence-electron chi connectivity index (χ0n) is 15.1. The average molecular weight is 383 g/mol. The van der Waals surface area contributed by atoms with Gasteiger partial charge in [0, 0.05) is 44.8 Å². The van der Waals surface area contributed by atoms with E-state index in [1.165, 1.54) is 39.3 Å². The number of benzene rings is 1. The molecule has 0 unspecified atom stereocenters. The molecule has 1 aliphatic heterocycles. The van der Waals surface area contributed by atoms with Crippen molar-refractivity contribution in [3.63, 3.8) is 0 Å². The molecule has 26 heavy (non-hydrogen) atoms. The van der Waals surface area contributed by atoms with Crippen LogP contribution in [0.25, 0.3) is 0 Å². The maximum Gasteiger partial charge on any atom is 0.282 e. The first-order valence-corrected chi connectivity index (χ1v) is 10.6.